The summed E-state index contributed by atoms with van der Waals surface area (Å²) in [6.07, 6.45) is 2.09. The molecule has 1 fully saturated rings. The second-order valence-electron chi connectivity index (χ2n) is 4.27. The van der Waals surface area contributed by atoms with Crippen molar-refractivity contribution >= 4 is 21.7 Å². The van der Waals surface area contributed by atoms with Crippen LogP contribution in [0.1, 0.15) is 5.56 Å². The summed E-state index contributed by atoms with van der Waals surface area (Å²) in [5.41, 5.74) is 1.14. The van der Waals surface area contributed by atoms with Crippen LogP contribution in [-0.2, 0) is 9.47 Å². The van der Waals surface area contributed by atoms with Crippen LogP contribution >= 0.6 is 15.9 Å². The minimum atomic E-state index is 0.106. The molecule has 2 rings (SSSR count). The lowest BCUT2D eigenvalue weighted by molar-refractivity contribution is -0.00461. The number of hydrogen-bond donors (Lipinski definition) is 0. The van der Waals surface area contributed by atoms with E-state index in [1.165, 1.54) is 0 Å². The van der Waals surface area contributed by atoms with Crippen LogP contribution in [0.3, 0.4) is 0 Å². The third-order valence-corrected chi connectivity index (χ3v) is 3.66. The summed E-state index contributed by atoms with van der Waals surface area (Å²) >= 11 is 3.56. The van der Waals surface area contributed by atoms with Crippen molar-refractivity contribution in [3.8, 4) is 0 Å². The number of aromatic nitrogens is 1. The molecule has 5 heteroatoms. The topological polar surface area (TPSA) is 34.6 Å². The van der Waals surface area contributed by atoms with Gasteiger partial charge in [-0.15, -0.1) is 0 Å². The van der Waals surface area contributed by atoms with Crippen LogP contribution in [0.5, 0.6) is 0 Å². The summed E-state index contributed by atoms with van der Waals surface area (Å²) in [6, 6.07) is 2.07. The van der Waals surface area contributed by atoms with E-state index >= 15 is 0 Å². The Morgan fingerprint density at radius 3 is 2.35 bits per heavy atom. The van der Waals surface area contributed by atoms with Gasteiger partial charge in [0.05, 0.1) is 4.47 Å². The van der Waals surface area contributed by atoms with Crippen molar-refractivity contribution in [3.05, 3.63) is 22.3 Å². The average Bonchev–Trinajstić information content (AvgIpc) is 2.72. The largest absolute Gasteiger partial charge is 0.377 e. The lowest BCUT2D eigenvalue weighted by Gasteiger charge is -2.18. The number of hydrogen-bond acceptors (Lipinski definition) is 4. The van der Waals surface area contributed by atoms with Gasteiger partial charge in [-0.25, -0.2) is 4.98 Å². The van der Waals surface area contributed by atoms with Crippen molar-refractivity contribution < 1.29 is 9.47 Å². The lowest BCUT2D eigenvalue weighted by atomic mass is 10.3. The smallest absolute Gasteiger partial charge is 0.143 e. The molecule has 0 amide bonds. The van der Waals surface area contributed by atoms with Crippen LogP contribution in [0.25, 0.3) is 0 Å². The van der Waals surface area contributed by atoms with Crippen molar-refractivity contribution in [2.75, 3.05) is 32.2 Å². The van der Waals surface area contributed by atoms with E-state index in [2.05, 4.69) is 31.9 Å². The molecule has 1 saturated heterocycles. The second-order valence-corrected chi connectivity index (χ2v) is 5.13. The van der Waals surface area contributed by atoms with Gasteiger partial charge in [-0.2, -0.15) is 0 Å². The Morgan fingerprint density at radius 1 is 1.29 bits per heavy atom. The molecule has 0 bridgehead atoms. The van der Waals surface area contributed by atoms with Gasteiger partial charge in [-0.05, 0) is 34.5 Å². The highest BCUT2D eigenvalue weighted by Crippen LogP contribution is 2.28. The van der Waals surface area contributed by atoms with Gasteiger partial charge in [-0.3, -0.25) is 0 Å². The Morgan fingerprint density at radius 2 is 1.88 bits per heavy atom. The number of nitrogens with zero attached hydrogens (tertiary/aromatic N) is 2. The summed E-state index contributed by atoms with van der Waals surface area (Å²) in [7, 11) is 3.44. The Balaban J connectivity index is 2.19. The fraction of sp³-hybridized carbons (Fsp3) is 0.583. The predicted octanol–water partition coefficient (Wildman–Crippen LogP) is 2.00. The number of halogens is 1. The predicted molar refractivity (Wildman–Crippen MR) is 70.5 cm³/mol. The first-order valence-corrected chi connectivity index (χ1v) is 6.37. The van der Waals surface area contributed by atoms with Gasteiger partial charge < -0.3 is 14.4 Å². The maximum atomic E-state index is 5.42. The number of pyridine rings is 1. The summed E-state index contributed by atoms with van der Waals surface area (Å²) in [4.78, 5) is 6.65. The molecule has 0 saturated carbocycles. The standard InChI is InChI=1S/C12H17BrN2O2/c1-8-4-9(13)12(14-5-8)15-6-10(16-2)11(7-15)17-3/h4-5,10-11H,6-7H2,1-3H3. The second kappa shape index (κ2) is 5.33. The average molecular weight is 301 g/mol. The molecule has 0 aromatic carbocycles. The Bertz CT molecular complexity index is 388. The van der Waals surface area contributed by atoms with E-state index in [-0.39, 0.29) is 12.2 Å². The van der Waals surface area contributed by atoms with Gasteiger partial charge >= 0.3 is 0 Å². The van der Waals surface area contributed by atoms with Gasteiger partial charge in [0, 0.05) is 33.5 Å². The van der Waals surface area contributed by atoms with E-state index in [4.69, 9.17) is 9.47 Å². The van der Waals surface area contributed by atoms with Crippen LogP contribution in [-0.4, -0.2) is 44.5 Å². The highest BCUT2D eigenvalue weighted by atomic mass is 79.9. The minimum Gasteiger partial charge on any atom is -0.377 e. The molecule has 1 aliphatic heterocycles. The quantitative estimate of drug-likeness (QED) is 0.855. The van der Waals surface area contributed by atoms with Crippen molar-refractivity contribution in [1.82, 2.24) is 4.98 Å². The van der Waals surface area contributed by atoms with Gasteiger partial charge in [0.15, 0.2) is 0 Å². The molecule has 1 aliphatic rings. The molecule has 0 aliphatic carbocycles. The van der Waals surface area contributed by atoms with Gasteiger partial charge in [0.2, 0.25) is 0 Å². The molecule has 2 heterocycles. The summed E-state index contributed by atoms with van der Waals surface area (Å²) in [5.74, 6) is 0.956. The molecule has 1 aromatic rings. The number of rotatable bonds is 3. The summed E-state index contributed by atoms with van der Waals surface area (Å²) in [6.45, 7) is 3.65. The van der Waals surface area contributed by atoms with Gasteiger partial charge in [-0.1, -0.05) is 0 Å². The van der Waals surface area contributed by atoms with Crippen LogP contribution in [0, 0.1) is 6.92 Å². The van der Waals surface area contributed by atoms with Crippen LogP contribution in [0.2, 0.25) is 0 Å². The fourth-order valence-electron chi connectivity index (χ4n) is 2.13. The number of aryl methyl sites for hydroxylation is 1. The monoisotopic (exact) mass is 300 g/mol. The fourth-order valence-corrected chi connectivity index (χ4v) is 2.84. The van der Waals surface area contributed by atoms with E-state index in [0.717, 1.165) is 28.9 Å². The van der Waals surface area contributed by atoms with E-state index in [9.17, 15) is 0 Å². The number of methoxy groups -OCH3 is 2. The van der Waals surface area contributed by atoms with E-state index in [1.54, 1.807) is 14.2 Å². The molecule has 0 radical (unpaired) electrons. The summed E-state index contributed by atoms with van der Waals surface area (Å²) in [5, 5.41) is 0. The molecule has 0 N–H and O–H groups in total. The first-order valence-electron chi connectivity index (χ1n) is 5.58. The third-order valence-electron chi connectivity index (χ3n) is 3.08. The Labute approximate surface area is 110 Å². The molecule has 4 nitrogen and oxygen atoms in total. The lowest BCUT2D eigenvalue weighted by Crippen LogP contribution is -2.27. The van der Waals surface area contributed by atoms with Crippen molar-refractivity contribution in [2.24, 2.45) is 0 Å². The molecule has 2 unspecified atom stereocenters. The molecule has 1 aromatic heterocycles. The van der Waals surface area contributed by atoms with Crippen LogP contribution in [0.15, 0.2) is 16.7 Å². The normalized spacial score (nSPS) is 24.4. The maximum absolute atomic E-state index is 5.42. The highest BCUT2D eigenvalue weighted by molar-refractivity contribution is 9.10. The third kappa shape index (κ3) is 2.61. The SMILES string of the molecule is COC1CN(c2ncc(C)cc2Br)CC1OC. The zero-order chi connectivity index (χ0) is 12.4. The molecular formula is C12H17BrN2O2. The maximum Gasteiger partial charge on any atom is 0.143 e. The van der Waals surface area contributed by atoms with Crippen molar-refractivity contribution in [1.29, 1.82) is 0 Å². The van der Waals surface area contributed by atoms with Gasteiger partial charge in [0.25, 0.3) is 0 Å². The Kier molecular flexibility index (Phi) is 4.01. The number of ether oxygens (including phenoxy) is 2. The minimum absolute atomic E-state index is 0.106. The number of anilines is 1. The first-order chi connectivity index (χ1) is 8.15. The van der Waals surface area contributed by atoms with E-state index in [0.29, 0.717) is 0 Å². The van der Waals surface area contributed by atoms with Crippen molar-refractivity contribution in [3.63, 3.8) is 0 Å². The van der Waals surface area contributed by atoms with Crippen molar-refractivity contribution in [2.45, 2.75) is 19.1 Å². The zero-order valence-corrected chi connectivity index (χ0v) is 11.9. The highest BCUT2D eigenvalue weighted by Gasteiger charge is 2.34. The van der Waals surface area contributed by atoms with E-state index < -0.39 is 0 Å². The Hall–Kier alpha value is -0.650. The summed E-state index contributed by atoms with van der Waals surface area (Å²) < 4.78 is 11.9. The molecule has 17 heavy (non-hydrogen) atoms. The molecule has 94 valence electrons. The first kappa shape index (κ1) is 12.8. The van der Waals surface area contributed by atoms with E-state index in [1.807, 2.05) is 13.1 Å². The molecular weight excluding hydrogens is 284 g/mol. The molecule has 2 atom stereocenters. The van der Waals surface area contributed by atoms with Gasteiger partial charge in [0.1, 0.15) is 18.0 Å². The molecule has 0 spiro atoms. The zero-order valence-electron chi connectivity index (χ0n) is 10.3. The van der Waals surface area contributed by atoms with Crippen LogP contribution < -0.4 is 4.90 Å². The van der Waals surface area contributed by atoms with Crippen LogP contribution in [0.4, 0.5) is 5.82 Å².